The second-order valence-electron chi connectivity index (χ2n) is 6.60. The first kappa shape index (κ1) is 18.0. The zero-order chi connectivity index (χ0) is 18.5. The molecule has 0 spiro atoms. The van der Waals surface area contributed by atoms with Gasteiger partial charge in [0.2, 0.25) is 5.91 Å². The van der Waals surface area contributed by atoms with Crippen LogP contribution in [0.15, 0.2) is 48.5 Å². The Morgan fingerprint density at radius 3 is 2.54 bits per heavy atom. The van der Waals surface area contributed by atoms with E-state index < -0.39 is 5.97 Å². The Bertz CT molecular complexity index is 784. The summed E-state index contributed by atoms with van der Waals surface area (Å²) in [6.45, 7) is 0.484. The number of rotatable bonds is 8. The first-order valence-electron chi connectivity index (χ1n) is 8.83. The molecule has 0 bridgehead atoms. The van der Waals surface area contributed by atoms with Gasteiger partial charge in [0.1, 0.15) is 5.75 Å². The summed E-state index contributed by atoms with van der Waals surface area (Å²) in [5.41, 5.74) is 2.13. The Labute approximate surface area is 153 Å². The van der Waals surface area contributed by atoms with E-state index in [1.807, 2.05) is 30.3 Å². The quantitative estimate of drug-likeness (QED) is 0.764. The molecule has 1 aliphatic rings. The third-order valence-electron chi connectivity index (χ3n) is 4.76. The van der Waals surface area contributed by atoms with Gasteiger partial charge in [-0.05, 0) is 48.4 Å². The first-order valence-corrected chi connectivity index (χ1v) is 8.83. The molecule has 1 saturated carbocycles. The lowest BCUT2D eigenvalue weighted by molar-refractivity contribution is -0.123. The predicted octanol–water partition coefficient (Wildman–Crippen LogP) is 3.25. The third-order valence-corrected chi connectivity index (χ3v) is 4.76. The zero-order valence-corrected chi connectivity index (χ0v) is 14.8. The van der Waals surface area contributed by atoms with Crippen molar-refractivity contribution in [2.75, 3.05) is 13.7 Å². The smallest absolute Gasteiger partial charge is 0.335 e. The molecule has 1 aliphatic carbocycles. The molecule has 2 aromatic carbocycles. The van der Waals surface area contributed by atoms with Crippen molar-refractivity contribution in [3.63, 3.8) is 0 Å². The molecule has 0 heterocycles. The normalized spacial score (nSPS) is 14.5. The van der Waals surface area contributed by atoms with E-state index >= 15 is 0 Å². The summed E-state index contributed by atoms with van der Waals surface area (Å²) in [6, 6.07) is 14.7. The molecular weight excluding hydrogens is 330 g/mol. The van der Waals surface area contributed by atoms with Crippen LogP contribution in [0.5, 0.6) is 5.75 Å². The number of aromatic carboxylic acids is 1. The highest BCUT2D eigenvalue weighted by atomic mass is 16.5. The van der Waals surface area contributed by atoms with Gasteiger partial charge < -0.3 is 15.2 Å². The average molecular weight is 353 g/mol. The van der Waals surface area contributed by atoms with E-state index in [1.165, 1.54) is 13.2 Å². The summed E-state index contributed by atoms with van der Waals surface area (Å²) in [6.07, 6.45) is 2.77. The van der Waals surface area contributed by atoms with Gasteiger partial charge in [-0.2, -0.15) is 0 Å². The van der Waals surface area contributed by atoms with Gasteiger partial charge in [-0.3, -0.25) is 4.79 Å². The van der Waals surface area contributed by atoms with Crippen LogP contribution in [0.25, 0.3) is 0 Å². The molecule has 1 atom stereocenters. The van der Waals surface area contributed by atoms with Crippen molar-refractivity contribution in [2.24, 2.45) is 5.92 Å². The second-order valence-corrected chi connectivity index (χ2v) is 6.60. The fraction of sp³-hybridized carbons (Fsp3) is 0.333. The fourth-order valence-corrected chi connectivity index (χ4v) is 3.24. The molecule has 2 aromatic rings. The second kappa shape index (κ2) is 8.04. The topological polar surface area (TPSA) is 75.6 Å². The van der Waals surface area contributed by atoms with Crippen LogP contribution in [0, 0.1) is 5.92 Å². The maximum Gasteiger partial charge on any atom is 0.335 e. The first-order chi connectivity index (χ1) is 12.6. The highest BCUT2D eigenvalue weighted by molar-refractivity contribution is 5.88. The minimum absolute atomic E-state index is 0.0554. The van der Waals surface area contributed by atoms with Gasteiger partial charge in [-0.25, -0.2) is 4.79 Å². The molecule has 1 amide bonds. The number of carbonyl (C=O) groups excluding carboxylic acids is 1. The van der Waals surface area contributed by atoms with Crippen molar-refractivity contribution >= 4 is 11.9 Å². The molecular formula is C21H23NO4. The largest absolute Gasteiger partial charge is 0.496 e. The number of hydrogen-bond acceptors (Lipinski definition) is 3. The number of carbonyl (C=O) groups is 2. The van der Waals surface area contributed by atoms with Crippen LogP contribution in [0.3, 0.4) is 0 Å². The lowest BCUT2D eigenvalue weighted by Gasteiger charge is -2.17. The van der Waals surface area contributed by atoms with Gasteiger partial charge in [0.15, 0.2) is 0 Å². The molecule has 0 aromatic heterocycles. The highest BCUT2D eigenvalue weighted by Crippen LogP contribution is 2.42. The molecule has 0 saturated heterocycles. The summed E-state index contributed by atoms with van der Waals surface area (Å²) in [7, 11) is 1.52. The van der Waals surface area contributed by atoms with Gasteiger partial charge in [0.05, 0.1) is 18.6 Å². The monoisotopic (exact) mass is 353 g/mol. The average Bonchev–Trinajstić information content (AvgIpc) is 3.47. The highest BCUT2D eigenvalue weighted by Gasteiger charge is 2.36. The summed E-state index contributed by atoms with van der Waals surface area (Å²) >= 11 is 0. The van der Waals surface area contributed by atoms with E-state index in [4.69, 9.17) is 9.84 Å². The Morgan fingerprint density at radius 2 is 1.92 bits per heavy atom. The van der Waals surface area contributed by atoms with Crippen LogP contribution in [0.4, 0.5) is 0 Å². The predicted molar refractivity (Wildman–Crippen MR) is 98.6 cm³/mol. The molecule has 1 unspecified atom stereocenters. The Hall–Kier alpha value is -2.82. The Kier molecular flexibility index (Phi) is 5.56. The molecule has 5 heteroatoms. The summed E-state index contributed by atoms with van der Waals surface area (Å²) in [4.78, 5) is 23.7. The van der Waals surface area contributed by atoms with Crippen molar-refractivity contribution in [3.8, 4) is 5.75 Å². The number of hydrogen-bond donors (Lipinski definition) is 2. The van der Waals surface area contributed by atoms with E-state index in [9.17, 15) is 9.59 Å². The van der Waals surface area contributed by atoms with Crippen molar-refractivity contribution in [2.45, 2.75) is 25.2 Å². The van der Waals surface area contributed by atoms with E-state index in [0.717, 1.165) is 24.0 Å². The summed E-state index contributed by atoms with van der Waals surface area (Å²) < 4.78 is 5.28. The van der Waals surface area contributed by atoms with Gasteiger partial charge in [0, 0.05) is 6.54 Å². The minimum atomic E-state index is -0.988. The maximum absolute atomic E-state index is 12.7. The molecule has 1 fully saturated rings. The summed E-state index contributed by atoms with van der Waals surface area (Å²) in [5.74, 6) is -0.0617. The number of amides is 1. The molecule has 26 heavy (non-hydrogen) atoms. The number of ether oxygens (including phenoxy) is 1. The third kappa shape index (κ3) is 4.23. The van der Waals surface area contributed by atoms with Gasteiger partial charge in [-0.15, -0.1) is 0 Å². The van der Waals surface area contributed by atoms with Crippen molar-refractivity contribution < 1.29 is 19.4 Å². The van der Waals surface area contributed by atoms with Crippen LogP contribution in [0.2, 0.25) is 0 Å². The molecule has 0 aliphatic heterocycles. The molecule has 2 N–H and O–H groups in total. The van der Waals surface area contributed by atoms with E-state index in [1.54, 1.807) is 12.1 Å². The number of benzene rings is 2. The standard InChI is InChI=1S/C21H23NO4/c1-26-18-13-17(21(24)25)10-7-14(18)11-12-22-20(23)19(16-8-9-16)15-5-3-2-4-6-15/h2-7,10,13,16,19H,8-9,11-12H2,1H3,(H,22,23)(H,24,25). The van der Waals surface area contributed by atoms with Crippen LogP contribution in [-0.2, 0) is 11.2 Å². The Morgan fingerprint density at radius 1 is 1.19 bits per heavy atom. The van der Waals surface area contributed by atoms with E-state index in [0.29, 0.717) is 24.6 Å². The van der Waals surface area contributed by atoms with Crippen LogP contribution in [0.1, 0.15) is 40.2 Å². The van der Waals surface area contributed by atoms with Gasteiger partial charge >= 0.3 is 5.97 Å². The van der Waals surface area contributed by atoms with Gasteiger partial charge in [-0.1, -0.05) is 36.4 Å². The minimum Gasteiger partial charge on any atom is -0.496 e. The van der Waals surface area contributed by atoms with Crippen molar-refractivity contribution in [3.05, 3.63) is 65.2 Å². The fourth-order valence-electron chi connectivity index (χ4n) is 3.24. The molecule has 136 valence electrons. The van der Waals surface area contributed by atoms with Crippen molar-refractivity contribution in [1.82, 2.24) is 5.32 Å². The summed E-state index contributed by atoms with van der Waals surface area (Å²) in [5, 5.41) is 12.1. The number of nitrogens with one attached hydrogen (secondary N) is 1. The number of carboxylic acids is 1. The van der Waals surface area contributed by atoms with Crippen LogP contribution < -0.4 is 10.1 Å². The van der Waals surface area contributed by atoms with Gasteiger partial charge in [0.25, 0.3) is 0 Å². The van der Waals surface area contributed by atoms with E-state index in [-0.39, 0.29) is 17.4 Å². The van der Waals surface area contributed by atoms with Crippen LogP contribution in [-0.4, -0.2) is 30.6 Å². The Balaban J connectivity index is 1.62. The number of methoxy groups -OCH3 is 1. The van der Waals surface area contributed by atoms with Crippen molar-refractivity contribution in [1.29, 1.82) is 0 Å². The molecule has 0 radical (unpaired) electrons. The number of carboxylic acid groups (broad SMARTS) is 1. The lowest BCUT2D eigenvalue weighted by atomic mass is 9.93. The lowest BCUT2D eigenvalue weighted by Crippen LogP contribution is -2.32. The van der Waals surface area contributed by atoms with Crippen LogP contribution >= 0.6 is 0 Å². The maximum atomic E-state index is 12.7. The molecule has 3 rings (SSSR count). The van der Waals surface area contributed by atoms with E-state index in [2.05, 4.69) is 5.32 Å². The SMILES string of the molecule is COc1cc(C(=O)O)ccc1CCNC(=O)C(c1ccccc1)C1CC1. The zero-order valence-electron chi connectivity index (χ0n) is 14.8. The molecule has 5 nitrogen and oxygen atoms in total.